The van der Waals surface area contributed by atoms with Gasteiger partial charge in [0, 0.05) is 6.07 Å². The van der Waals surface area contributed by atoms with Crippen molar-refractivity contribution in [2.75, 3.05) is 5.75 Å². The molecule has 0 saturated heterocycles. The molecule has 0 radical (unpaired) electrons. The van der Waals surface area contributed by atoms with Crippen molar-refractivity contribution < 1.29 is 24.2 Å². The van der Waals surface area contributed by atoms with Crippen molar-refractivity contribution in [1.82, 2.24) is 5.32 Å². The van der Waals surface area contributed by atoms with Gasteiger partial charge in [-0.15, -0.1) is 0 Å². The molecule has 0 aliphatic carbocycles. The molecule has 0 aliphatic heterocycles. The van der Waals surface area contributed by atoms with Gasteiger partial charge in [0.25, 0.3) is 0 Å². The minimum Gasteiger partial charge on any atom is -0.502 e. The number of aliphatic carboxylic acids is 1. The van der Waals surface area contributed by atoms with E-state index in [0.717, 1.165) is 6.26 Å². The molecule has 0 aromatic carbocycles. The Labute approximate surface area is 112 Å². The van der Waals surface area contributed by atoms with Crippen molar-refractivity contribution in [2.45, 2.75) is 18.2 Å². The van der Waals surface area contributed by atoms with Gasteiger partial charge in [-0.05, 0) is 12.2 Å². The van der Waals surface area contributed by atoms with Crippen LogP contribution in [0.15, 0.2) is 21.5 Å². The number of hydrogen-bond acceptors (Lipinski definition) is 6. The molecule has 104 valence electrons. The quantitative estimate of drug-likeness (QED) is 0.461. The molecule has 7 nitrogen and oxygen atoms in total. The standard InChI is InChI=1S/C11H13NO6S/c13-6-12-8(11(16)17)1-2-19-5-7-3-9(14)10(15)4-18-7/h3-4,6,8,15H,1-2,5H2,(H,12,13)(H,16,17). The first-order valence-electron chi connectivity index (χ1n) is 5.35. The normalized spacial score (nSPS) is 11.8. The average molecular weight is 287 g/mol. The summed E-state index contributed by atoms with van der Waals surface area (Å²) in [7, 11) is 0. The van der Waals surface area contributed by atoms with Gasteiger partial charge in [-0.3, -0.25) is 9.59 Å². The van der Waals surface area contributed by atoms with Crippen LogP contribution < -0.4 is 10.7 Å². The number of carbonyl (C=O) groups is 2. The largest absolute Gasteiger partial charge is 0.502 e. The topological polar surface area (TPSA) is 117 Å². The molecule has 1 rings (SSSR count). The second kappa shape index (κ2) is 7.47. The predicted octanol–water partition coefficient (Wildman–Crippen LogP) is 0.168. The zero-order valence-electron chi connectivity index (χ0n) is 9.87. The Morgan fingerprint density at radius 2 is 2.32 bits per heavy atom. The summed E-state index contributed by atoms with van der Waals surface area (Å²) in [5.74, 6) is -0.299. The summed E-state index contributed by atoms with van der Waals surface area (Å²) in [4.78, 5) is 32.0. The summed E-state index contributed by atoms with van der Waals surface area (Å²) in [6.45, 7) is 0. The van der Waals surface area contributed by atoms with Crippen LogP contribution in [0.2, 0.25) is 0 Å². The van der Waals surface area contributed by atoms with Crippen molar-refractivity contribution in [2.24, 2.45) is 0 Å². The van der Waals surface area contributed by atoms with Crippen LogP contribution in [-0.2, 0) is 15.3 Å². The van der Waals surface area contributed by atoms with E-state index in [-0.39, 0.29) is 6.42 Å². The highest BCUT2D eigenvalue weighted by molar-refractivity contribution is 7.98. The highest BCUT2D eigenvalue weighted by Crippen LogP contribution is 2.14. The Balaban J connectivity index is 2.37. The van der Waals surface area contributed by atoms with Gasteiger partial charge < -0.3 is 19.9 Å². The molecule has 1 aromatic rings. The maximum Gasteiger partial charge on any atom is 0.326 e. The molecule has 0 spiro atoms. The first-order chi connectivity index (χ1) is 9.04. The first kappa shape index (κ1) is 15.1. The summed E-state index contributed by atoms with van der Waals surface area (Å²) >= 11 is 1.36. The van der Waals surface area contributed by atoms with Crippen molar-refractivity contribution >= 4 is 24.1 Å². The maximum atomic E-state index is 11.1. The van der Waals surface area contributed by atoms with E-state index in [9.17, 15) is 14.4 Å². The highest BCUT2D eigenvalue weighted by atomic mass is 32.2. The lowest BCUT2D eigenvalue weighted by atomic mass is 10.2. The van der Waals surface area contributed by atoms with Gasteiger partial charge in [0.05, 0.1) is 5.75 Å². The second-order valence-corrected chi connectivity index (χ2v) is 4.72. The molecule has 0 fully saturated rings. The van der Waals surface area contributed by atoms with E-state index >= 15 is 0 Å². The Bertz CT molecular complexity index is 500. The van der Waals surface area contributed by atoms with Gasteiger partial charge in [-0.2, -0.15) is 11.8 Å². The third-order valence-corrected chi connectivity index (χ3v) is 3.24. The number of thioether (sulfide) groups is 1. The molecular formula is C11H13NO6S. The molecule has 1 unspecified atom stereocenters. The fourth-order valence-corrected chi connectivity index (χ4v) is 2.15. The average Bonchev–Trinajstić information content (AvgIpc) is 2.37. The molecule has 0 saturated carbocycles. The maximum absolute atomic E-state index is 11.1. The van der Waals surface area contributed by atoms with Gasteiger partial charge in [-0.1, -0.05) is 0 Å². The minimum absolute atomic E-state index is 0.265. The van der Waals surface area contributed by atoms with Crippen LogP contribution in [0.3, 0.4) is 0 Å². The number of aromatic hydroxyl groups is 1. The van der Waals surface area contributed by atoms with E-state index in [1.165, 1.54) is 17.8 Å². The van der Waals surface area contributed by atoms with E-state index in [1.54, 1.807) is 0 Å². The Morgan fingerprint density at radius 1 is 1.58 bits per heavy atom. The number of carboxylic acid groups (broad SMARTS) is 1. The van der Waals surface area contributed by atoms with Crippen LogP contribution in [0.5, 0.6) is 5.75 Å². The number of rotatable bonds is 8. The van der Waals surface area contributed by atoms with Crippen LogP contribution in [0, 0.1) is 0 Å². The van der Waals surface area contributed by atoms with Crippen molar-refractivity contribution in [3.63, 3.8) is 0 Å². The fraction of sp³-hybridized carbons (Fsp3) is 0.364. The lowest BCUT2D eigenvalue weighted by Gasteiger charge is -2.10. The molecule has 1 heterocycles. The van der Waals surface area contributed by atoms with Gasteiger partial charge in [0.1, 0.15) is 18.1 Å². The Kier molecular flexibility index (Phi) is 5.94. The van der Waals surface area contributed by atoms with Gasteiger partial charge in [0.2, 0.25) is 11.8 Å². The summed E-state index contributed by atoms with van der Waals surface area (Å²) in [5, 5.41) is 20.0. The predicted molar refractivity (Wildman–Crippen MR) is 68.0 cm³/mol. The van der Waals surface area contributed by atoms with E-state index in [4.69, 9.17) is 14.6 Å². The minimum atomic E-state index is -1.09. The smallest absolute Gasteiger partial charge is 0.326 e. The van der Waals surface area contributed by atoms with E-state index in [0.29, 0.717) is 23.7 Å². The number of amides is 1. The molecule has 3 N–H and O–H groups in total. The van der Waals surface area contributed by atoms with Crippen molar-refractivity contribution in [3.8, 4) is 5.75 Å². The van der Waals surface area contributed by atoms with Gasteiger partial charge >= 0.3 is 5.97 Å². The van der Waals surface area contributed by atoms with Crippen molar-refractivity contribution in [1.29, 1.82) is 0 Å². The SMILES string of the molecule is O=CNC(CCSCc1cc(=O)c(O)co1)C(=O)O. The molecule has 0 bridgehead atoms. The monoisotopic (exact) mass is 287 g/mol. The fourth-order valence-electron chi connectivity index (χ4n) is 1.25. The van der Waals surface area contributed by atoms with Crippen LogP contribution in [-0.4, -0.2) is 34.4 Å². The second-order valence-electron chi connectivity index (χ2n) is 3.61. The van der Waals surface area contributed by atoms with E-state index in [1.807, 2.05) is 0 Å². The van der Waals surface area contributed by atoms with Crippen LogP contribution in [0.4, 0.5) is 0 Å². The molecule has 1 amide bonds. The number of nitrogens with one attached hydrogen (secondary N) is 1. The third kappa shape index (κ3) is 5.04. The first-order valence-corrected chi connectivity index (χ1v) is 6.51. The molecule has 8 heteroatoms. The molecule has 0 aliphatic rings. The Morgan fingerprint density at radius 3 is 2.89 bits per heavy atom. The van der Waals surface area contributed by atoms with Gasteiger partial charge in [-0.25, -0.2) is 4.79 Å². The summed E-state index contributed by atoms with van der Waals surface area (Å²) < 4.78 is 4.98. The summed E-state index contributed by atoms with van der Waals surface area (Å²) in [6, 6.07) is 0.262. The third-order valence-electron chi connectivity index (χ3n) is 2.23. The molecular weight excluding hydrogens is 274 g/mol. The van der Waals surface area contributed by atoms with Crippen LogP contribution in [0.1, 0.15) is 12.2 Å². The number of hydrogen-bond donors (Lipinski definition) is 3. The zero-order chi connectivity index (χ0) is 14.3. The Hall–Kier alpha value is -1.96. The molecule has 19 heavy (non-hydrogen) atoms. The molecule has 1 atom stereocenters. The number of carbonyl (C=O) groups excluding carboxylic acids is 1. The van der Waals surface area contributed by atoms with Crippen LogP contribution >= 0.6 is 11.8 Å². The zero-order valence-corrected chi connectivity index (χ0v) is 10.7. The van der Waals surface area contributed by atoms with E-state index in [2.05, 4.69) is 5.32 Å². The van der Waals surface area contributed by atoms with Gasteiger partial charge in [0.15, 0.2) is 5.75 Å². The van der Waals surface area contributed by atoms with E-state index < -0.39 is 23.2 Å². The summed E-state index contributed by atoms with van der Waals surface area (Å²) in [6.07, 6.45) is 1.58. The lowest BCUT2D eigenvalue weighted by Crippen LogP contribution is -2.36. The summed E-state index contributed by atoms with van der Waals surface area (Å²) in [5.41, 5.74) is -0.520. The van der Waals surface area contributed by atoms with Crippen molar-refractivity contribution in [3.05, 3.63) is 28.3 Å². The highest BCUT2D eigenvalue weighted by Gasteiger charge is 2.15. The molecule has 1 aromatic heterocycles. The number of carboxylic acids is 1. The lowest BCUT2D eigenvalue weighted by molar-refractivity contribution is -0.140. The van der Waals surface area contributed by atoms with Crippen LogP contribution in [0.25, 0.3) is 0 Å².